The summed E-state index contributed by atoms with van der Waals surface area (Å²) in [6.07, 6.45) is 4.48. The zero-order valence-corrected chi connectivity index (χ0v) is 4.31. The van der Waals surface area contributed by atoms with Crippen molar-refractivity contribution in [3.05, 3.63) is 12.2 Å². The molecule has 1 aliphatic carbocycles. The van der Waals surface area contributed by atoms with Crippen LogP contribution in [0.4, 0.5) is 0 Å². The van der Waals surface area contributed by atoms with E-state index < -0.39 is 0 Å². The summed E-state index contributed by atoms with van der Waals surface area (Å²) in [5.74, 6) is 1.70. The molecule has 1 rings (SSSR count). The Balaban J connectivity index is 2.16. The minimum Gasteiger partial charge on any atom is -0.0808 e. The number of hydrogen-bond acceptors (Lipinski definition) is 0. The molecule has 0 aromatic heterocycles. The van der Waals surface area contributed by atoms with Gasteiger partial charge in [-0.15, -0.1) is 0 Å². The van der Waals surface area contributed by atoms with E-state index in [4.69, 9.17) is 0 Å². The lowest BCUT2D eigenvalue weighted by molar-refractivity contribution is 0.601. The molecule has 0 amide bonds. The van der Waals surface area contributed by atoms with Gasteiger partial charge in [-0.1, -0.05) is 26.0 Å². The average Bonchev–Trinajstić information content (AvgIpc) is 2.06. The Hall–Kier alpha value is -0.260. The van der Waals surface area contributed by atoms with Crippen LogP contribution in [0.2, 0.25) is 0 Å². The second-order valence-electron chi connectivity index (χ2n) is 2.21. The Labute approximate surface area is 38.9 Å². The number of hydrogen-bond donors (Lipinski definition) is 0. The summed E-state index contributed by atoms with van der Waals surface area (Å²) in [6, 6.07) is 0. The van der Waals surface area contributed by atoms with Gasteiger partial charge < -0.3 is 0 Å². The molecule has 0 radical (unpaired) electrons. The number of rotatable bonds is 1. The van der Waals surface area contributed by atoms with Crippen molar-refractivity contribution in [3.8, 4) is 0 Å². The Kier molecular flexibility index (Phi) is 0.722. The van der Waals surface area contributed by atoms with Crippen molar-refractivity contribution in [2.75, 3.05) is 0 Å². The van der Waals surface area contributed by atoms with Gasteiger partial charge in [-0.25, -0.2) is 0 Å². The van der Waals surface area contributed by atoms with Crippen molar-refractivity contribution in [1.29, 1.82) is 0 Å². The van der Waals surface area contributed by atoms with Crippen LogP contribution in [0.15, 0.2) is 12.2 Å². The summed E-state index contributed by atoms with van der Waals surface area (Å²) in [5.41, 5.74) is 0. The van der Waals surface area contributed by atoms with Gasteiger partial charge >= 0.3 is 0 Å². The summed E-state index contributed by atoms with van der Waals surface area (Å²) in [7, 11) is 0. The van der Waals surface area contributed by atoms with Crippen LogP contribution in [0.1, 0.15) is 13.8 Å². The van der Waals surface area contributed by atoms with Gasteiger partial charge in [0.1, 0.15) is 0 Å². The quantitative estimate of drug-likeness (QED) is 0.423. The van der Waals surface area contributed by atoms with Gasteiger partial charge in [-0.3, -0.25) is 0 Å². The van der Waals surface area contributed by atoms with Crippen LogP contribution < -0.4 is 0 Å². The molecule has 34 valence electrons. The van der Waals surface area contributed by atoms with Crippen molar-refractivity contribution < 1.29 is 0 Å². The highest BCUT2D eigenvalue weighted by atomic mass is 14.2. The fourth-order valence-electron chi connectivity index (χ4n) is 0.509. The molecule has 0 bridgehead atoms. The van der Waals surface area contributed by atoms with Crippen LogP contribution in [0, 0.1) is 11.8 Å². The van der Waals surface area contributed by atoms with Crippen molar-refractivity contribution in [2.45, 2.75) is 13.8 Å². The van der Waals surface area contributed by atoms with Crippen molar-refractivity contribution >= 4 is 0 Å². The summed E-state index contributed by atoms with van der Waals surface area (Å²) < 4.78 is 0. The molecular formula is C6H10. The SMILES string of the molecule is CC(C)C1C=C1. The average molecular weight is 82.1 g/mol. The van der Waals surface area contributed by atoms with Crippen LogP contribution in [0.3, 0.4) is 0 Å². The predicted octanol–water partition coefficient (Wildman–Crippen LogP) is 1.83. The molecule has 0 atom stereocenters. The third-order valence-electron chi connectivity index (χ3n) is 1.18. The zero-order chi connectivity index (χ0) is 4.57. The monoisotopic (exact) mass is 82.1 g/mol. The van der Waals surface area contributed by atoms with E-state index in [1.165, 1.54) is 0 Å². The van der Waals surface area contributed by atoms with Crippen LogP contribution >= 0.6 is 0 Å². The molecule has 0 heterocycles. The van der Waals surface area contributed by atoms with Crippen molar-refractivity contribution in [3.63, 3.8) is 0 Å². The molecule has 0 spiro atoms. The van der Waals surface area contributed by atoms with E-state index in [0.717, 1.165) is 11.8 Å². The summed E-state index contributed by atoms with van der Waals surface area (Å²) in [4.78, 5) is 0. The van der Waals surface area contributed by atoms with Gasteiger partial charge in [-0.2, -0.15) is 0 Å². The van der Waals surface area contributed by atoms with E-state index in [1.54, 1.807) is 0 Å². The van der Waals surface area contributed by atoms with Gasteiger partial charge in [0.2, 0.25) is 0 Å². The minimum absolute atomic E-state index is 0.852. The first-order valence-corrected chi connectivity index (χ1v) is 2.49. The smallest absolute Gasteiger partial charge is 0.00300 e. The van der Waals surface area contributed by atoms with Crippen molar-refractivity contribution in [1.82, 2.24) is 0 Å². The van der Waals surface area contributed by atoms with Gasteiger partial charge in [0.15, 0.2) is 0 Å². The molecule has 0 saturated heterocycles. The van der Waals surface area contributed by atoms with E-state index >= 15 is 0 Å². The summed E-state index contributed by atoms with van der Waals surface area (Å²) >= 11 is 0. The second kappa shape index (κ2) is 1.11. The maximum atomic E-state index is 2.24. The van der Waals surface area contributed by atoms with E-state index in [0.29, 0.717) is 0 Å². The molecule has 0 nitrogen and oxygen atoms in total. The first-order chi connectivity index (χ1) is 2.80. The molecule has 6 heavy (non-hydrogen) atoms. The highest BCUT2D eigenvalue weighted by Gasteiger charge is 2.13. The third-order valence-corrected chi connectivity index (χ3v) is 1.18. The topological polar surface area (TPSA) is 0 Å². The lowest BCUT2D eigenvalue weighted by Gasteiger charge is -1.95. The second-order valence-corrected chi connectivity index (χ2v) is 2.21. The van der Waals surface area contributed by atoms with Gasteiger partial charge in [0.25, 0.3) is 0 Å². The minimum atomic E-state index is 0.852. The Morgan fingerprint density at radius 3 is 1.83 bits per heavy atom. The molecule has 0 aromatic rings. The molecule has 0 saturated carbocycles. The van der Waals surface area contributed by atoms with Crippen LogP contribution in [-0.2, 0) is 0 Å². The Bertz CT molecular complexity index is 64.1. The fourth-order valence-corrected chi connectivity index (χ4v) is 0.509. The highest BCUT2D eigenvalue weighted by Crippen LogP contribution is 2.24. The van der Waals surface area contributed by atoms with E-state index in [2.05, 4.69) is 26.0 Å². The van der Waals surface area contributed by atoms with Crippen molar-refractivity contribution in [2.24, 2.45) is 11.8 Å². The van der Waals surface area contributed by atoms with Gasteiger partial charge in [0.05, 0.1) is 0 Å². The highest BCUT2D eigenvalue weighted by molar-refractivity contribution is 5.14. The molecule has 1 aliphatic rings. The zero-order valence-electron chi connectivity index (χ0n) is 4.31. The molecule has 0 aromatic carbocycles. The van der Waals surface area contributed by atoms with Crippen LogP contribution in [0.5, 0.6) is 0 Å². The summed E-state index contributed by atoms with van der Waals surface area (Å²) in [5, 5.41) is 0. The molecule has 0 unspecified atom stereocenters. The Morgan fingerprint density at radius 1 is 1.33 bits per heavy atom. The lowest BCUT2D eigenvalue weighted by atomic mass is 10.1. The third kappa shape index (κ3) is 0.618. The van der Waals surface area contributed by atoms with Gasteiger partial charge in [0, 0.05) is 0 Å². The molecule has 0 heteroatoms. The standard InChI is InChI=1S/C6H10/c1-5(2)6-3-4-6/h3-6H,1-2H3. The van der Waals surface area contributed by atoms with E-state index in [9.17, 15) is 0 Å². The molecule has 0 N–H and O–H groups in total. The van der Waals surface area contributed by atoms with Gasteiger partial charge in [-0.05, 0) is 11.8 Å². The van der Waals surface area contributed by atoms with E-state index in [1.807, 2.05) is 0 Å². The maximum absolute atomic E-state index is 2.24. The predicted molar refractivity (Wildman–Crippen MR) is 27.5 cm³/mol. The number of allylic oxidation sites excluding steroid dienone is 2. The first-order valence-electron chi connectivity index (χ1n) is 2.49. The lowest BCUT2D eigenvalue weighted by Crippen LogP contribution is -1.87. The summed E-state index contributed by atoms with van der Waals surface area (Å²) in [6.45, 7) is 4.48. The molecule has 0 fully saturated rings. The van der Waals surface area contributed by atoms with Crippen LogP contribution in [-0.4, -0.2) is 0 Å². The largest absolute Gasteiger partial charge is 0.0808 e. The van der Waals surface area contributed by atoms with E-state index in [-0.39, 0.29) is 0 Å². The molecular weight excluding hydrogens is 72.1 g/mol. The van der Waals surface area contributed by atoms with Crippen LogP contribution in [0.25, 0.3) is 0 Å². The maximum Gasteiger partial charge on any atom is -0.00300 e. The first kappa shape index (κ1) is 3.91. The normalized spacial score (nSPS) is 19.8. The molecule has 0 aliphatic heterocycles. The fraction of sp³-hybridized carbons (Fsp3) is 0.667. The Morgan fingerprint density at radius 2 is 1.83 bits per heavy atom.